The molecule has 0 aliphatic carbocycles. The summed E-state index contributed by atoms with van der Waals surface area (Å²) >= 11 is 0. The largest absolute Gasteiger partial charge is 0.478 e. The lowest BCUT2D eigenvalue weighted by atomic mass is 9.73. The van der Waals surface area contributed by atoms with Crippen LogP contribution < -0.4 is 4.90 Å². The third kappa shape index (κ3) is 1.64. The maximum Gasteiger partial charge on any atom is 0.335 e. The molecule has 3 aliphatic heterocycles. The molecule has 6 heteroatoms. The second-order valence-corrected chi connectivity index (χ2v) is 6.63. The Morgan fingerprint density at radius 3 is 2.22 bits per heavy atom. The van der Waals surface area contributed by atoms with E-state index in [1.165, 1.54) is 18.2 Å². The van der Waals surface area contributed by atoms with Crippen LogP contribution in [-0.4, -0.2) is 34.1 Å². The van der Waals surface area contributed by atoms with E-state index in [1.807, 2.05) is 26.0 Å². The minimum absolute atomic E-state index is 0.0370. The molecular formula is C17H15NO5. The first-order valence-corrected chi connectivity index (χ1v) is 7.39. The van der Waals surface area contributed by atoms with Crippen LogP contribution in [0.4, 0.5) is 5.69 Å². The van der Waals surface area contributed by atoms with Crippen molar-refractivity contribution in [3.63, 3.8) is 0 Å². The molecule has 1 aromatic rings. The molecule has 0 saturated carbocycles. The number of imide groups is 1. The average Bonchev–Trinajstić information content (AvgIpc) is 3.04. The molecule has 118 valence electrons. The van der Waals surface area contributed by atoms with Gasteiger partial charge in [0.1, 0.15) is 0 Å². The minimum atomic E-state index is -1.10. The molecule has 1 N–H and O–H groups in total. The molecule has 4 atom stereocenters. The van der Waals surface area contributed by atoms with Crippen LogP contribution in [0.2, 0.25) is 0 Å². The summed E-state index contributed by atoms with van der Waals surface area (Å²) in [5, 5.41) is 9.10. The van der Waals surface area contributed by atoms with Crippen LogP contribution in [0, 0.1) is 11.8 Å². The van der Waals surface area contributed by atoms with Gasteiger partial charge in [0.2, 0.25) is 11.8 Å². The molecule has 3 aliphatic rings. The van der Waals surface area contributed by atoms with Gasteiger partial charge < -0.3 is 9.84 Å². The summed E-state index contributed by atoms with van der Waals surface area (Å²) in [4.78, 5) is 37.9. The molecule has 2 amide bonds. The normalized spacial score (nSPS) is 37.6. The van der Waals surface area contributed by atoms with Crippen molar-refractivity contribution in [1.29, 1.82) is 0 Å². The highest BCUT2D eigenvalue weighted by molar-refractivity contribution is 6.23. The fraction of sp³-hybridized carbons (Fsp3) is 0.353. The Morgan fingerprint density at radius 2 is 1.70 bits per heavy atom. The van der Waals surface area contributed by atoms with E-state index in [4.69, 9.17) is 9.84 Å². The van der Waals surface area contributed by atoms with Gasteiger partial charge >= 0.3 is 5.97 Å². The van der Waals surface area contributed by atoms with Crippen LogP contribution in [0.3, 0.4) is 0 Å². The topological polar surface area (TPSA) is 83.9 Å². The number of carbonyl (C=O) groups is 3. The van der Waals surface area contributed by atoms with Gasteiger partial charge in [-0.15, -0.1) is 0 Å². The number of carboxylic acid groups (broad SMARTS) is 1. The number of carbonyl (C=O) groups excluding carboxylic acids is 2. The van der Waals surface area contributed by atoms with Crippen LogP contribution in [0.15, 0.2) is 36.4 Å². The lowest BCUT2D eigenvalue weighted by molar-refractivity contribution is -0.128. The second kappa shape index (κ2) is 4.08. The van der Waals surface area contributed by atoms with Crippen molar-refractivity contribution in [3.8, 4) is 0 Å². The lowest BCUT2D eigenvalue weighted by Gasteiger charge is -2.25. The maximum absolute atomic E-state index is 12.9. The number of ether oxygens (including phenoxy) is 1. The monoisotopic (exact) mass is 313 g/mol. The molecule has 6 nitrogen and oxygen atoms in total. The van der Waals surface area contributed by atoms with Gasteiger partial charge in [0.15, 0.2) is 0 Å². The summed E-state index contributed by atoms with van der Waals surface area (Å²) in [5.41, 5.74) is -1.24. The molecule has 1 aromatic carbocycles. The van der Waals surface area contributed by atoms with E-state index in [2.05, 4.69) is 0 Å². The number of rotatable bonds is 2. The number of nitrogens with zero attached hydrogens (tertiary/aromatic N) is 1. The third-order valence-electron chi connectivity index (χ3n) is 5.08. The Labute approximate surface area is 132 Å². The SMILES string of the molecule is C[C@]12C=C[C@](C)(O1)[C@H]1C(=O)N(c3cccc(C(=O)O)c3)C(=O)[C@H]12. The van der Waals surface area contributed by atoms with E-state index in [1.54, 1.807) is 6.07 Å². The van der Waals surface area contributed by atoms with Crippen molar-refractivity contribution in [2.24, 2.45) is 11.8 Å². The molecule has 2 bridgehead atoms. The Bertz CT molecular complexity index is 764. The number of carboxylic acids is 1. The first kappa shape index (κ1) is 14.1. The summed E-state index contributed by atoms with van der Waals surface area (Å²) < 4.78 is 5.93. The number of anilines is 1. The second-order valence-electron chi connectivity index (χ2n) is 6.63. The van der Waals surface area contributed by atoms with Gasteiger partial charge in [-0.2, -0.15) is 0 Å². The van der Waals surface area contributed by atoms with E-state index >= 15 is 0 Å². The highest BCUT2D eigenvalue weighted by Gasteiger charge is 2.70. The number of hydrogen-bond donors (Lipinski definition) is 1. The Kier molecular flexibility index (Phi) is 2.51. The van der Waals surface area contributed by atoms with Crippen LogP contribution in [0.1, 0.15) is 24.2 Å². The molecule has 0 radical (unpaired) electrons. The van der Waals surface area contributed by atoms with E-state index < -0.39 is 29.0 Å². The zero-order valence-corrected chi connectivity index (χ0v) is 12.6. The fourth-order valence-electron chi connectivity index (χ4n) is 4.06. The predicted molar refractivity (Wildman–Crippen MR) is 79.9 cm³/mol. The van der Waals surface area contributed by atoms with Gasteiger partial charge in [0.05, 0.1) is 34.3 Å². The Hall–Kier alpha value is -2.47. The zero-order chi connectivity index (χ0) is 16.6. The quantitative estimate of drug-likeness (QED) is 0.662. The molecular weight excluding hydrogens is 298 g/mol. The average molecular weight is 313 g/mol. The molecule has 0 spiro atoms. The molecule has 2 fully saturated rings. The standard InChI is InChI=1S/C17H15NO5/c1-16-6-7-17(2,23-16)12-11(16)13(19)18(14(12)20)10-5-3-4-9(8-10)15(21)22/h3-8,11-12H,1-2H3,(H,21,22)/t11-,12+,16+,17-. The Morgan fingerprint density at radius 1 is 1.13 bits per heavy atom. The summed E-state index contributed by atoms with van der Waals surface area (Å²) in [6.07, 6.45) is 3.69. The number of aromatic carboxylic acids is 1. The van der Waals surface area contributed by atoms with Crippen molar-refractivity contribution >= 4 is 23.5 Å². The smallest absolute Gasteiger partial charge is 0.335 e. The van der Waals surface area contributed by atoms with E-state index in [-0.39, 0.29) is 17.4 Å². The van der Waals surface area contributed by atoms with E-state index in [0.29, 0.717) is 5.69 Å². The van der Waals surface area contributed by atoms with Gasteiger partial charge in [-0.1, -0.05) is 18.2 Å². The van der Waals surface area contributed by atoms with Crippen LogP contribution >= 0.6 is 0 Å². The van der Waals surface area contributed by atoms with Gasteiger partial charge in [-0.3, -0.25) is 9.59 Å². The van der Waals surface area contributed by atoms with Gasteiger partial charge in [0.25, 0.3) is 0 Å². The molecule has 2 saturated heterocycles. The number of benzene rings is 1. The van der Waals surface area contributed by atoms with E-state index in [9.17, 15) is 14.4 Å². The first-order valence-electron chi connectivity index (χ1n) is 7.39. The molecule has 4 rings (SSSR count). The highest BCUT2D eigenvalue weighted by atomic mass is 16.5. The molecule has 3 heterocycles. The summed E-state index contributed by atoms with van der Waals surface area (Å²) in [6, 6.07) is 5.87. The van der Waals surface area contributed by atoms with Crippen molar-refractivity contribution in [3.05, 3.63) is 42.0 Å². The zero-order valence-electron chi connectivity index (χ0n) is 12.6. The number of hydrogen-bond acceptors (Lipinski definition) is 4. The van der Waals surface area contributed by atoms with Crippen molar-refractivity contribution in [2.75, 3.05) is 4.90 Å². The summed E-state index contributed by atoms with van der Waals surface area (Å²) in [7, 11) is 0. The highest BCUT2D eigenvalue weighted by Crippen LogP contribution is 2.57. The number of amides is 2. The fourth-order valence-corrected chi connectivity index (χ4v) is 4.06. The van der Waals surface area contributed by atoms with Crippen molar-refractivity contribution in [2.45, 2.75) is 25.0 Å². The van der Waals surface area contributed by atoms with Gasteiger partial charge in [-0.05, 0) is 32.0 Å². The first-order chi connectivity index (χ1) is 10.8. The van der Waals surface area contributed by atoms with Crippen molar-refractivity contribution in [1.82, 2.24) is 0 Å². The predicted octanol–water partition coefficient (Wildman–Crippen LogP) is 1.61. The number of fused-ring (bicyclic) bond motifs is 5. The van der Waals surface area contributed by atoms with Gasteiger partial charge in [0, 0.05) is 0 Å². The third-order valence-corrected chi connectivity index (χ3v) is 5.08. The van der Waals surface area contributed by atoms with Crippen LogP contribution in [0.25, 0.3) is 0 Å². The maximum atomic E-state index is 12.9. The summed E-state index contributed by atoms with van der Waals surface area (Å²) in [6.45, 7) is 3.61. The minimum Gasteiger partial charge on any atom is -0.478 e. The van der Waals surface area contributed by atoms with Crippen molar-refractivity contribution < 1.29 is 24.2 Å². The van der Waals surface area contributed by atoms with Crippen LogP contribution in [0.5, 0.6) is 0 Å². The lowest BCUT2D eigenvalue weighted by Crippen LogP contribution is -2.39. The Balaban J connectivity index is 1.79. The van der Waals surface area contributed by atoms with Gasteiger partial charge in [-0.25, -0.2) is 9.69 Å². The summed E-state index contributed by atoms with van der Waals surface area (Å²) in [5.74, 6) is -2.91. The molecule has 23 heavy (non-hydrogen) atoms. The molecule has 0 unspecified atom stereocenters. The molecule has 0 aromatic heterocycles. The van der Waals surface area contributed by atoms with Crippen LogP contribution in [-0.2, 0) is 14.3 Å². The van der Waals surface area contributed by atoms with E-state index in [0.717, 1.165) is 4.90 Å².